The second-order valence-electron chi connectivity index (χ2n) is 2.95. The fourth-order valence-electron chi connectivity index (χ4n) is 1.27. The van der Waals surface area contributed by atoms with Crippen LogP contribution >= 0.6 is 0 Å². The Morgan fingerprint density at radius 3 is 2.31 bits per heavy atom. The lowest BCUT2D eigenvalue weighted by Gasteiger charge is -2.10. The van der Waals surface area contributed by atoms with Crippen molar-refractivity contribution in [2.45, 2.75) is 6.42 Å². The number of hydrogen-bond donors (Lipinski definition) is 0. The maximum Gasteiger partial charge on any atom is 0.339 e. The van der Waals surface area contributed by atoms with Gasteiger partial charge in [0.25, 0.3) is 5.71 Å². The minimum absolute atomic E-state index is 0.0217. The number of carbonyl (C=O) groups excluding carboxylic acids is 2. The third kappa shape index (κ3) is 2.24. The van der Waals surface area contributed by atoms with Crippen LogP contribution in [0.3, 0.4) is 0 Å². The Morgan fingerprint density at radius 2 is 1.81 bits per heavy atom. The first-order valence-corrected chi connectivity index (χ1v) is 4.43. The number of rotatable bonds is 2. The summed E-state index contributed by atoms with van der Waals surface area (Å²) in [6.45, 7) is 0. The van der Waals surface area contributed by atoms with Crippen molar-refractivity contribution in [2.75, 3.05) is 14.2 Å². The highest BCUT2D eigenvalue weighted by molar-refractivity contribution is 6.13. The van der Waals surface area contributed by atoms with Crippen LogP contribution in [0.2, 0.25) is 0 Å². The van der Waals surface area contributed by atoms with Crippen LogP contribution in [0, 0.1) is 0 Å². The fraction of sp³-hybridized carbons (Fsp3) is 0.300. The highest BCUT2D eigenvalue weighted by atomic mass is 16.5. The highest BCUT2D eigenvalue weighted by Gasteiger charge is 2.27. The van der Waals surface area contributed by atoms with Gasteiger partial charge in [0, 0.05) is 6.08 Å². The number of carbonyl (C=O) groups is 2. The maximum atomic E-state index is 11.4. The summed E-state index contributed by atoms with van der Waals surface area (Å²) >= 11 is 0. The molecule has 0 saturated heterocycles. The predicted octanol–water partition coefficient (Wildman–Crippen LogP) is 0.260. The number of esters is 2. The minimum atomic E-state index is -0.683. The van der Waals surface area contributed by atoms with Crippen LogP contribution in [0.4, 0.5) is 0 Å². The SMILES string of the molecule is COC(=O)C1=CCC(=[N+]=[N-])C=C1C(=O)OC. The predicted molar refractivity (Wildman–Crippen MR) is 53.4 cm³/mol. The van der Waals surface area contributed by atoms with Crippen LogP contribution in [0.1, 0.15) is 6.42 Å². The topological polar surface area (TPSA) is 89.0 Å². The summed E-state index contributed by atoms with van der Waals surface area (Å²) in [5, 5.41) is 0. The summed E-state index contributed by atoms with van der Waals surface area (Å²) in [5.74, 6) is -1.31. The van der Waals surface area contributed by atoms with E-state index >= 15 is 0 Å². The van der Waals surface area contributed by atoms with E-state index in [1.54, 1.807) is 0 Å². The van der Waals surface area contributed by atoms with Crippen LogP contribution in [-0.4, -0.2) is 36.7 Å². The standard InChI is InChI=1S/C10H10N2O4/c1-15-9(13)7-4-3-6(12-11)5-8(7)10(14)16-2/h4-5H,3H2,1-2H3. The first-order valence-electron chi connectivity index (χ1n) is 4.43. The number of allylic oxidation sites excluding steroid dienone is 2. The molecule has 0 heterocycles. The van der Waals surface area contributed by atoms with Gasteiger partial charge in [-0.2, -0.15) is 4.79 Å². The largest absolute Gasteiger partial charge is 0.465 e. The van der Waals surface area contributed by atoms with Gasteiger partial charge in [-0.3, -0.25) is 0 Å². The Bertz CT molecular complexity index is 442. The molecule has 1 aliphatic carbocycles. The molecule has 0 aromatic rings. The van der Waals surface area contributed by atoms with Gasteiger partial charge in [-0.1, -0.05) is 6.08 Å². The van der Waals surface area contributed by atoms with Gasteiger partial charge in [0.15, 0.2) is 0 Å². The van der Waals surface area contributed by atoms with Crippen LogP contribution in [0.25, 0.3) is 5.53 Å². The molecule has 0 bridgehead atoms. The summed E-state index contributed by atoms with van der Waals surface area (Å²) < 4.78 is 9.04. The van der Waals surface area contributed by atoms with Gasteiger partial charge in [-0.05, 0) is 0 Å². The molecule has 0 saturated carbocycles. The van der Waals surface area contributed by atoms with Crippen LogP contribution in [0.15, 0.2) is 23.3 Å². The van der Waals surface area contributed by atoms with Gasteiger partial charge in [0.05, 0.1) is 31.8 Å². The number of ether oxygens (including phenoxy) is 2. The summed E-state index contributed by atoms with van der Waals surface area (Å²) in [6.07, 6.45) is 2.99. The van der Waals surface area contributed by atoms with Crippen molar-refractivity contribution < 1.29 is 23.9 Å². The summed E-state index contributed by atoms with van der Waals surface area (Å²) in [4.78, 5) is 25.7. The fourth-order valence-corrected chi connectivity index (χ4v) is 1.27. The van der Waals surface area contributed by atoms with Gasteiger partial charge >= 0.3 is 11.9 Å². The van der Waals surface area contributed by atoms with E-state index in [0.29, 0.717) is 0 Å². The van der Waals surface area contributed by atoms with E-state index in [9.17, 15) is 9.59 Å². The summed E-state index contributed by atoms with van der Waals surface area (Å²) in [5.41, 5.74) is 9.00. The zero-order valence-corrected chi connectivity index (χ0v) is 8.89. The van der Waals surface area contributed by atoms with Gasteiger partial charge < -0.3 is 15.0 Å². The second-order valence-corrected chi connectivity index (χ2v) is 2.95. The van der Waals surface area contributed by atoms with Gasteiger partial charge in [0.2, 0.25) is 0 Å². The molecule has 16 heavy (non-hydrogen) atoms. The molecular formula is C10H10N2O4. The molecule has 6 nitrogen and oxygen atoms in total. The quantitative estimate of drug-likeness (QED) is 0.380. The van der Waals surface area contributed by atoms with Crippen LogP contribution < -0.4 is 0 Å². The molecule has 0 amide bonds. The van der Waals surface area contributed by atoms with E-state index in [2.05, 4.69) is 14.3 Å². The highest BCUT2D eigenvalue weighted by Crippen LogP contribution is 2.19. The van der Waals surface area contributed by atoms with E-state index in [1.165, 1.54) is 26.4 Å². The van der Waals surface area contributed by atoms with Crippen molar-refractivity contribution in [3.8, 4) is 0 Å². The lowest BCUT2D eigenvalue weighted by molar-refractivity contribution is -0.139. The lowest BCUT2D eigenvalue weighted by atomic mass is 9.97. The van der Waals surface area contributed by atoms with Crippen LogP contribution in [-0.2, 0) is 19.1 Å². The second kappa shape index (κ2) is 5.04. The molecule has 84 valence electrons. The van der Waals surface area contributed by atoms with Crippen molar-refractivity contribution in [2.24, 2.45) is 0 Å². The first kappa shape index (κ1) is 11.9. The average Bonchev–Trinajstić information content (AvgIpc) is 2.36. The monoisotopic (exact) mass is 222 g/mol. The van der Waals surface area contributed by atoms with Crippen molar-refractivity contribution in [1.82, 2.24) is 0 Å². The number of nitrogens with zero attached hydrogens (tertiary/aromatic N) is 2. The van der Waals surface area contributed by atoms with Crippen LogP contribution in [0.5, 0.6) is 0 Å². The van der Waals surface area contributed by atoms with Gasteiger partial charge in [-0.25, -0.2) is 9.59 Å². The van der Waals surface area contributed by atoms with Crippen molar-refractivity contribution >= 4 is 17.7 Å². The molecule has 0 radical (unpaired) electrons. The van der Waals surface area contributed by atoms with Crippen molar-refractivity contribution in [3.63, 3.8) is 0 Å². The first-order chi connectivity index (χ1) is 7.63. The zero-order chi connectivity index (χ0) is 12.1. The Balaban J connectivity index is 3.16. The smallest absolute Gasteiger partial charge is 0.339 e. The molecule has 0 fully saturated rings. The van der Waals surface area contributed by atoms with E-state index in [1.807, 2.05) is 0 Å². The normalized spacial score (nSPS) is 14.5. The Hall–Kier alpha value is -2.20. The number of methoxy groups -OCH3 is 2. The minimum Gasteiger partial charge on any atom is -0.465 e. The summed E-state index contributed by atoms with van der Waals surface area (Å²) in [7, 11) is 2.41. The molecule has 0 unspecified atom stereocenters. The Morgan fingerprint density at radius 1 is 1.25 bits per heavy atom. The van der Waals surface area contributed by atoms with Crippen molar-refractivity contribution in [3.05, 3.63) is 28.8 Å². The van der Waals surface area contributed by atoms with Gasteiger partial charge in [0.1, 0.15) is 0 Å². The Labute approximate surface area is 91.8 Å². The molecule has 0 aromatic heterocycles. The van der Waals surface area contributed by atoms with E-state index in [-0.39, 0.29) is 23.3 Å². The van der Waals surface area contributed by atoms with E-state index < -0.39 is 11.9 Å². The molecule has 0 N–H and O–H groups in total. The molecule has 1 aliphatic rings. The van der Waals surface area contributed by atoms with Gasteiger partial charge in [-0.15, -0.1) is 0 Å². The Kier molecular flexibility index (Phi) is 3.74. The number of hydrogen-bond acceptors (Lipinski definition) is 4. The molecule has 1 rings (SSSR count). The molecule has 0 spiro atoms. The van der Waals surface area contributed by atoms with E-state index in [0.717, 1.165) is 0 Å². The molecule has 0 aromatic carbocycles. The summed E-state index contributed by atoms with van der Waals surface area (Å²) in [6, 6.07) is 0. The van der Waals surface area contributed by atoms with Crippen molar-refractivity contribution in [1.29, 1.82) is 0 Å². The third-order valence-electron chi connectivity index (χ3n) is 2.06. The molecule has 6 heteroatoms. The molecular weight excluding hydrogens is 212 g/mol. The lowest BCUT2D eigenvalue weighted by Crippen LogP contribution is -2.19. The molecule has 0 aliphatic heterocycles. The van der Waals surface area contributed by atoms with E-state index in [4.69, 9.17) is 5.53 Å². The zero-order valence-electron chi connectivity index (χ0n) is 8.89. The third-order valence-corrected chi connectivity index (χ3v) is 2.06. The maximum absolute atomic E-state index is 11.4. The molecule has 0 atom stereocenters. The average molecular weight is 222 g/mol.